The minimum absolute atomic E-state index is 0.222. The average molecular weight is 399 g/mol. The van der Waals surface area contributed by atoms with Crippen LogP contribution in [0.5, 0.6) is 0 Å². The largest absolute Gasteiger partial charge is 0.286 e. The zero-order valence-corrected chi connectivity index (χ0v) is 17.1. The van der Waals surface area contributed by atoms with E-state index in [4.69, 9.17) is 5.10 Å². The van der Waals surface area contributed by atoms with Crippen LogP contribution in [0, 0.1) is 16.7 Å². The van der Waals surface area contributed by atoms with Gasteiger partial charge in [-0.1, -0.05) is 50.2 Å². The van der Waals surface area contributed by atoms with Crippen LogP contribution in [-0.4, -0.2) is 24.4 Å². The van der Waals surface area contributed by atoms with E-state index in [1.165, 1.54) is 0 Å². The lowest BCUT2D eigenvalue weighted by Gasteiger charge is -2.38. The minimum Gasteiger partial charge on any atom is -0.286 e. The predicted octanol–water partition coefficient (Wildman–Crippen LogP) is 4.89. The van der Waals surface area contributed by atoms with Crippen molar-refractivity contribution < 1.29 is 13.0 Å². The highest BCUT2D eigenvalue weighted by molar-refractivity contribution is 7.85. The van der Waals surface area contributed by atoms with E-state index in [1.807, 2.05) is 65.7 Å². The number of nitrogens with zero attached hydrogens (tertiary/aromatic N) is 2. The summed E-state index contributed by atoms with van der Waals surface area (Å²) in [6, 6.07) is 19.7. The quantitative estimate of drug-likeness (QED) is 0.575. The highest BCUT2D eigenvalue weighted by atomic mass is 32.2. The molecule has 2 fully saturated rings. The lowest BCUT2D eigenvalue weighted by atomic mass is 9.70. The van der Waals surface area contributed by atoms with Crippen LogP contribution in [-0.2, 0) is 10.1 Å². The summed E-state index contributed by atoms with van der Waals surface area (Å²) in [4.78, 5) is 0. The third-order valence-electron chi connectivity index (χ3n) is 6.82. The third kappa shape index (κ3) is 3.14. The van der Waals surface area contributed by atoms with E-state index in [-0.39, 0.29) is 11.2 Å². The SMILES string of the molecule is CC1(C)[C@@H]2CC[C@]1(CS(=O)(=O)O)/C(=N\N(c1ccccc1)c1ccccc1)C2. The summed E-state index contributed by atoms with van der Waals surface area (Å²) in [5, 5.41) is 6.91. The first-order chi connectivity index (χ1) is 13.2. The molecule has 28 heavy (non-hydrogen) atoms. The highest BCUT2D eigenvalue weighted by Gasteiger charge is 2.64. The monoisotopic (exact) mass is 398 g/mol. The fraction of sp³-hybridized carbons (Fsp3) is 0.409. The van der Waals surface area contributed by atoms with Gasteiger partial charge in [0.2, 0.25) is 0 Å². The molecule has 4 rings (SSSR count). The second-order valence-electron chi connectivity index (χ2n) is 8.50. The van der Waals surface area contributed by atoms with Crippen molar-refractivity contribution in [2.45, 2.75) is 33.1 Å². The van der Waals surface area contributed by atoms with Gasteiger partial charge in [-0.2, -0.15) is 13.5 Å². The van der Waals surface area contributed by atoms with Crippen molar-refractivity contribution in [1.82, 2.24) is 0 Å². The fourth-order valence-electron chi connectivity index (χ4n) is 5.11. The normalized spacial score (nSPS) is 27.2. The Hall–Kier alpha value is -2.18. The number of hydrogen-bond donors (Lipinski definition) is 1. The van der Waals surface area contributed by atoms with Gasteiger partial charge in [-0.25, -0.2) is 5.01 Å². The topological polar surface area (TPSA) is 70.0 Å². The number of benzene rings is 2. The second kappa shape index (κ2) is 6.71. The van der Waals surface area contributed by atoms with Gasteiger partial charge in [-0.05, 0) is 54.9 Å². The molecular formula is C22H26N2O3S. The number of para-hydroxylation sites is 2. The van der Waals surface area contributed by atoms with Gasteiger partial charge in [0, 0.05) is 11.1 Å². The molecule has 2 saturated carbocycles. The zero-order valence-electron chi connectivity index (χ0n) is 16.2. The number of hydrazone groups is 1. The van der Waals surface area contributed by atoms with E-state index in [2.05, 4.69) is 13.8 Å². The molecule has 0 amide bonds. The van der Waals surface area contributed by atoms with Crippen LogP contribution < -0.4 is 5.01 Å². The Morgan fingerprint density at radius 1 is 1.04 bits per heavy atom. The van der Waals surface area contributed by atoms with Crippen molar-refractivity contribution in [2.24, 2.45) is 21.8 Å². The van der Waals surface area contributed by atoms with Gasteiger partial charge >= 0.3 is 0 Å². The Balaban J connectivity index is 1.84. The Labute approximate surface area is 166 Å². The maximum atomic E-state index is 11.9. The van der Waals surface area contributed by atoms with Crippen LogP contribution in [0.25, 0.3) is 0 Å². The van der Waals surface area contributed by atoms with Crippen molar-refractivity contribution in [3.63, 3.8) is 0 Å². The molecule has 2 aliphatic rings. The molecule has 1 N–H and O–H groups in total. The molecule has 6 heteroatoms. The molecule has 0 aliphatic heterocycles. The van der Waals surface area contributed by atoms with Gasteiger partial charge in [0.15, 0.2) is 0 Å². The van der Waals surface area contributed by atoms with E-state index >= 15 is 0 Å². The molecule has 2 bridgehead atoms. The molecule has 148 valence electrons. The van der Waals surface area contributed by atoms with Gasteiger partial charge < -0.3 is 0 Å². The summed E-state index contributed by atoms with van der Waals surface area (Å²) in [6.45, 7) is 4.24. The van der Waals surface area contributed by atoms with Gasteiger partial charge in [-0.3, -0.25) is 4.55 Å². The molecule has 0 unspecified atom stereocenters. The number of hydrogen-bond acceptors (Lipinski definition) is 4. The molecule has 2 aliphatic carbocycles. The molecule has 2 atom stereocenters. The van der Waals surface area contributed by atoms with Crippen LogP contribution in [0.4, 0.5) is 11.4 Å². The van der Waals surface area contributed by atoms with Crippen molar-refractivity contribution in [1.29, 1.82) is 0 Å². The molecular weight excluding hydrogens is 372 g/mol. The van der Waals surface area contributed by atoms with Crippen molar-refractivity contribution in [3.8, 4) is 0 Å². The summed E-state index contributed by atoms with van der Waals surface area (Å²) in [6.07, 6.45) is 2.47. The first-order valence-electron chi connectivity index (χ1n) is 9.66. The average Bonchev–Trinajstić information content (AvgIpc) is 3.01. The van der Waals surface area contributed by atoms with E-state index < -0.39 is 15.5 Å². The number of rotatable bonds is 5. The summed E-state index contributed by atoms with van der Waals surface area (Å²) < 4.78 is 33.5. The Bertz CT molecular complexity index is 947. The number of fused-ring (bicyclic) bond motifs is 2. The smallest absolute Gasteiger partial charge is 0.265 e. The van der Waals surface area contributed by atoms with E-state index in [0.29, 0.717) is 5.92 Å². The Morgan fingerprint density at radius 2 is 1.57 bits per heavy atom. The molecule has 0 spiro atoms. The highest BCUT2D eigenvalue weighted by Crippen LogP contribution is 2.64. The maximum absolute atomic E-state index is 11.9. The molecule has 0 aromatic heterocycles. The standard InChI is InChI=1S/C22H26N2O3S/c1-21(2)17-13-14-22(21,16-28(25,26)27)20(15-17)23-24(18-9-5-3-6-10-18)19-11-7-4-8-12-19/h3-12,17H,13-16H2,1-2H3,(H,25,26,27)/b23-20-/t17-,22+/m1/s1. The van der Waals surface area contributed by atoms with Gasteiger partial charge in [0.05, 0.1) is 17.1 Å². The van der Waals surface area contributed by atoms with Gasteiger partial charge in [0.1, 0.15) is 0 Å². The third-order valence-corrected chi connectivity index (χ3v) is 7.67. The molecule has 5 nitrogen and oxygen atoms in total. The maximum Gasteiger partial charge on any atom is 0.265 e. The van der Waals surface area contributed by atoms with Crippen molar-refractivity contribution in [3.05, 3.63) is 60.7 Å². The first kappa shape index (κ1) is 19.2. The Morgan fingerprint density at radius 3 is 2.04 bits per heavy atom. The van der Waals surface area contributed by atoms with Crippen LogP contribution >= 0.6 is 0 Å². The Kier molecular flexibility index (Phi) is 4.59. The zero-order chi connectivity index (χ0) is 20.0. The molecule has 0 radical (unpaired) electrons. The van der Waals surface area contributed by atoms with E-state index in [0.717, 1.165) is 36.3 Å². The lowest BCUT2D eigenvalue weighted by Crippen LogP contribution is -2.42. The lowest BCUT2D eigenvalue weighted by molar-refractivity contribution is 0.193. The first-order valence-corrected chi connectivity index (χ1v) is 11.3. The fourth-order valence-corrected chi connectivity index (χ4v) is 6.42. The summed E-state index contributed by atoms with van der Waals surface area (Å²) >= 11 is 0. The van der Waals surface area contributed by atoms with Crippen LogP contribution in [0.1, 0.15) is 33.1 Å². The number of anilines is 2. The van der Waals surface area contributed by atoms with Crippen molar-refractivity contribution >= 4 is 27.2 Å². The van der Waals surface area contributed by atoms with Gasteiger partial charge in [0.25, 0.3) is 10.1 Å². The van der Waals surface area contributed by atoms with Crippen LogP contribution in [0.2, 0.25) is 0 Å². The molecule has 2 aromatic rings. The van der Waals surface area contributed by atoms with Gasteiger partial charge in [-0.15, -0.1) is 0 Å². The molecule has 0 saturated heterocycles. The summed E-state index contributed by atoms with van der Waals surface area (Å²) in [7, 11) is -4.12. The second-order valence-corrected chi connectivity index (χ2v) is 9.95. The summed E-state index contributed by atoms with van der Waals surface area (Å²) in [5.74, 6) is 0.112. The van der Waals surface area contributed by atoms with E-state index in [1.54, 1.807) is 0 Å². The van der Waals surface area contributed by atoms with Crippen LogP contribution in [0.15, 0.2) is 65.8 Å². The predicted molar refractivity (Wildman–Crippen MR) is 112 cm³/mol. The molecule has 2 aromatic carbocycles. The molecule has 0 heterocycles. The summed E-state index contributed by atoms with van der Waals surface area (Å²) in [5.41, 5.74) is 1.86. The van der Waals surface area contributed by atoms with Crippen LogP contribution in [0.3, 0.4) is 0 Å². The van der Waals surface area contributed by atoms with E-state index in [9.17, 15) is 13.0 Å². The van der Waals surface area contributed by atoms with Crippen molar-refractivity contribution in [2.75, 3.05) is 10.8 Å². The minimum atomic E-state index is -4.12.